The number of aryl methyl sites for hydroxylation is 1. The monoisotopic (exact) mass is 265 g/mol. The number of nitrogens with one attached hydrogen (secondary N) is 1. The summed E-state index contributed by atoms with van der Waals surface area (Å²) in [6, 6.07) is 2.31. The van der Waals surface area contributed by atoms with Gasteiger partial charge in [0.2, 0.25) is 0 Å². The summed E-state index contributed by atoms with van der Waals surface area (Å²) in [4.78, 5) is 8.58. The maximum atomic E-state index is 4.39. The Balaban J connectivity index is 1.71. The summed E-state index contributed by atoms with van der Waals surface area (Å²) < 4.78 is 0. The van der Waals surface area contributed by atoms with Gasteiger partial charge >= 0.3 is 0 Å². The molecule has 2 fully saturated rings. The van der Waals surface area contributed by atoms with Crippen molar-refractivity contribution in [2.24, 2.45) is 0 Å². The second-order valence-electron chi connectivity index (χ2n) is 5.71. The first-order chi connectivity index (χ1) is 8.76. The summed E-state index contributed by atoms with van der Waals surface area (Å²) in [7, 11) is 2.11. The molecule has 18 heavy (non-hydrogen) atoms. The molecule has 3 rings (SSSR count). The van der Waals surface area contributed by atoms with Gasteiger partial charge in [-0.25, -0.2) is 4.98 Å². The summed E-state index contributed by atoms with van der Waals surface area (Å²) in [6.07, 6.45) is 8.90. The van der Waals surface area contributed by atoms with Gasteiger partial charge in [-0.1, -0.05) is 6.42 Å². The highest BCUT2D eigenvalue weighted by atomic mass is 32.1. The predicted octanol–water partition coefficient (Wildman–Crippen LogP) is 2.56. The number of thiazole rings is 1. The largest absolute Gasteiger partial charge is 0.317 e. The summed E-state index contributed by atoms with van der Waals surface area (Å²) in [5.41, 5.74) is 0. The average molecular weight is 265 g/mol. The molecule has 1 N–H and O–H groups in total. The Morgan fingerprint density at radius 3 is 2.67 bits per heavy atom. The normalized spacial score (nSPS) is 32.7. The predicted molar refractivity (Wildman–Crippen MR) is 75.9 cm³/mol. The molecule has 0 radical (unpaired) electrons. The van der Waals surface area contributed by atoms with Crippen LogP contribution in [0.1, 0.15) is 42.0 Å². The van der Waals surface area contributed by atoms with Gasteiger partial charge in [0.25, 0.3) is 0 Å². The highest BCUT2D eigenvalue weighted by Crippen LogP contribution is 2.35. The fraction of sp³-hybridized carbons (Fsp3) is 0.786. The van der Waals surface area contributed by atoms with Crippen molar-refractivity contribution in [2.75, 3.05) is 7.05 Å². The van der Waals surface area contributed by atoms with E-state index in [9.17, 15) is 0 Å². The molecule has 1 aromatic rings. The highest BCUT2D eigenvalue weighted by Gasteiger charge is 2.37. The third kappa shape index (κ3) is 2.46. The van der Waals surface area contributed by atoms with Crippen molar-refractivity contribution in [1.82, 2.24) is 15.2 Å². The molecule has 2 atom stereocenters. The molecule has 0 aromatic carbocycles. The molecule has 2 aliphatic heterocycles. The SMILES string of the molecule is CNC1CC2CCCC(C1)N2Cc1cnc(C)s1. The quantitative estimate of drug-likeness (QED) is 0.910. The molecule has 4 heteroatoms. The van der Waals surface area contributed by atoms with Gasteiger partial charge in [0.05, 0.1) is 5.01 Å². The molecule has 0 spiro atoms. The Labute approximate surface area is 114 Å². The van der Waals surface area contributed by atoms with E-state index in [1.165, 1.54) is 42.0 Å². The first-order valence-corrected chi connectivity index (χ1v) is 7.92. The van der Waals surface area contributed by atoms with E-state index in [1.807, 2.05) is 11.3 Å². The average Bonchev–Trinajstić information content (AvgIpc) is 2.74. The lowest BCUT2D eigenvalue weighted by molar-refractivity contribution is 0.0198. The van der Waals surface area contributed by atoms with Crippen LogP contribution in [0.25, 0.3) is 0 Å². The van der Waals surface area contributed by atoms with E-state index >= 15 is 0 Å². The molecule has 3 heterocycles. The van der Waals surface area contributed by atoms with Crippen LogP contribution in [-0.4, -0.2) is 35.1 Å². The standard InChI is InChI=1S/C14H23N3S/c1-10-16-8-14(18-10)9-17-12-4-3-5-13(17)7-11(6-12)15-2/h8,11-13,15H,3-7,9H2,1-2H3. The molecule has 2 bridgehead atoms. The van der Waals surface area contributed by atoms with Gasteiger partial charge in [0.1, 0.15) is 0 Å². The zero-order valence-corrected chi connectivity index (χ0v) is 12.2. The van der Waals surface area contributed by atoms with Crippen LogP contribution in [0.2, 0.25) is 0 Å². The molecule has 3 nitrogen and oxygen atoms in total. The minimum atomic E-state index is 0.736. The van der Waals surface area contributed by atoms with Crippen LogP contribution in [0.5, 0.6) is 0 Å². The van der Waals surface area contributed by atoms with Crippen LogP contribution >= 0.6 is 11.3 Å². The number of aromatic nitrogens is 1. The van der Waals surface area contributed by atoms with Crippen LogP contribution < -0.4 is 5.32 Å². The summed E-state index contributed by atoms with van der Waals surface area (Å²) in [5, 5.41) is 4.68. The Hall–Kier alpha value is -0.450. The molecule has 0 amide bonds. The first kappa shape index (κ1) is 12.6. The van der Waals surface area contributed by atoms with Crippen molar-refractivity contribution in [3.63, 3.8) is 0 Å². The first-order valence-electron chi connectivity index (χ1n) is 7.10. The molecule has 0 saturated carbocycles. The van der Waals surface area contributed by atoms with Gasteiger partial charge in [-0.3, -0.25) is 4.90 Å². The zero-order valence-electron chi connectivity index (χ0n) is 11.4. The summed E-state index contributed by atoms with van der Waals surface area (Å²) in [5.74, 6) is 0. The number of hydrogen-bond acceptors (Lipinski definition) is 4. The van der Waals surface area contributed by atoms with Gasteiger partial charge in [0.15, 0.2) is 0 Å². The maximum absolute atomic E-state index is 4.39. The fourth-order valence-electron chi connectivity index (χ4n) is 3.63. The molecule has 100 valence electrons. The van der Waals surface area contributed by atoms with Gasteiger partial charge in [0, 0.05) is 35.7 Å². The summed E-state index contributed by atoms with van der Waals surface area (Å²) in [6.45, 7) is 3.22. The molecular weight excluding hydrogens is 242 g/mol. The van der Waals surface area contributed by atoms with Crippen LogP contribution in [0.15, 0.2) is 6.20 Å². The van der Waals surface area contributed by atoms with Crippen LogP contribution in [-0.2, 0) is 6.54 Å². The molecule has 2 unspecified atom stereocenters. The third-order valence-corrected chi connectivity index (χ3v) is 5.44. The van der Waals surface area contributed by atoms with Crippen molar-refractivity contribution in [3.8, 4) is 0 Å². The van der Waals surface area contributed by atoms with Gasteiger partial charge in [-0.15, -0.1) is 11.3 Å². The van der Waals surface area contributed by atoms with Crippen LogP contribution in [0.3, 0.4) is 0 Å². The lowest BCUT2D eigenvalue weighted by Crippen LogP contribution is -2.55. The lowest BCUT2D eigenvalue weighted by Gasteiger charge is -2.48. The van der Waals surface area contributed by atoms with Crippen molar-refractivity contribution >= 4 is 11.3 Å². The Morgan fingerprint density at radius 2 is 2.11 bits per heavy atom. The van der Waals surface area contributed by atoms with Crippen molar-refractivity contribution in [2.45, 2.75) is 63.7 Å². The Kier molecular flexibility index (Phi) is 3.68. The van der Waals surface area contributed by atoms with Crippen molar-refractivity contribution in [3.05, 3.63) is 16.1 Å². The number of hydrogen-bond donors (Lipinski definition) is 1. The molecule has 2 aliphatic rings. The zero-order chi connectivity index (χ0) is 12.5. The molecule has 1 aromatic heterocycles. The van der Waals surface area contributed by atoms with Crippen molar-refractivity contribution < 1.29 is 0 Å². The maximum Gasteiger partial charge on any atom is 0.0897 e. The van der Waals surface area contributed by atoms with E-state index in [0.29, 0.717) is 0 Å². The van der Waals surface area contributed by atoms with Gasteiger partial charge in [-0.05, 0) is 39.7 Å². The second-order valence-corrected chi connectivity index (χ2v) is 7.03. The van der Waals surface area contributed by atoms with E-state index in [0.717, 1.165) is 24.7 Å². The highest BCUT2D eigenvalue weighted by molar-refractivity contribution is 7.11. The van der Waals surface area contributed by atoms with E-state index in [4.69, 9.17) is 0 Å². The lowest BCUT2D eigenvalue weighted by atomic mass is 9.82. The number of nitrogens with zero attached hydrogens (tertiary/aromatic N) is 2. The van der Waals surface area contributed by atoms with Gasteiger partial charge < -0.3 is 5.32 Å². The fourth-order valence-corrected chi connectivity index (χ4v) is 4.43. The van der Waals surface area contributed by atoms with Crippen LogP contribution in [0, 0.1) is 6.92 Å². The summed E-state index contributed by atoms with van der Waals surface area (Å²) >= 11 is 1.86. The molecule has 0 aliphatic carbocycles. The second kappa shape index (κ2) is 5.27. The minimum absolute atomic E-state index is 0.736. The van der Waals surface area contributed by atoms with E-state index in [1.54, 1.807) is 0 Å². The molecular formula is C14H23N3S. The molecule has 2 saturated heterocycles. The number of fused-ring (bicyclic) bond motifs is 2. The van der Waals surface area contributed by atoms with E-state index in [-0.39, 0.29) is 0 Å². The van der Waals surface area contributed by atoms with Crippen molar-refractivity contribution in [1.29, 1.82) is 0 Å². The number of piperidine rings is 2. The Bertz CT molecular complexity index is 389. The Morgan fingerprint density at radius 1 is 1.39 bits per heavy atom. The smallest absolute Gasteiger partial charge is 0.0897 e. The minimum Gasteiger partial charge on any atom is -0.317 e. The van der Waals surface area contributed by atoms with Crippen LogP contribution in [0.4, 0.5) is 0 Å². The van der Waals surface area contributed by atoms with E-state index < -0.39 is 0 Å². The topological polar surface area (TPSA) is 28.2 Å². The third-order valence-electron chi connectivity index (χ3n) is 4.54. The van der Waals surface area contributed by atoms with Gasteiger partial charge in [-0.2, -0.15) is 0 Å². The van der Waals surface area contributed by atoms with E-state index in [2.05, 4.69) is 35.4 Å². The number of rotatable bonds is 3.